The summed E-state index contributed by atoms with van der Waals surface area (Å²) in [6.07, 6.45) is 2.39. The van der Waals surface area contributed by atoms with Gasteiger partial charge < -0.3 is 9.84 Å². The van der Waals surface area contributed by atoms with Gasteiger partial charge >= 0.3 is 5.97 Å². The number of carboxylic acid groups (broad SMARTS) is 1. The van der Waals surface area contributed by atoms with E-state index in [4.69, 9.17) is 9.84 Å². The van der Waals surface area contributed by atoms with Gasteiger partial charge in [0.25, 0.3) is 0 Å². The van der Waals surface area contributed by atoms with E-state index in [0.717, 1.165) is 5.52 Å². The van der Waals surface area contributed by atoms with Crippen molar-refractivity contribution in [2.24, 2.45) is 0 Å². The van der Waals surface area contributed by atoms with Crippen LogP contribution in [0.5, 0.6) is 5.88 Å². The Labute approximate surface area is 97.6 Å². The number of aromatic nitrogens is 2. The minimum absolute atomic E-state index is 0.0382. The van der Waals surface area contributed by atoms with Crippen LogP contribution in [0.3, 0.4) is 0 Å². The molecule has 2 aromatic heterocycles. The highest BCUT2D eigenvalue weighted by molar-refractivity contribution is 5.87. The number of rotatable bonds is 3. The highest BCUT2D eigenvalue weighted by Crippen LogP contribution is 2.41. The zero-order valence-corrected chi connectivity index (χ0v) is 9.38. The van der Waals surface area contributed by atoms with Gasteiger partial charge in [0, 0.05) is 6.07 Å². The number of carboxylic acids is 1. The maximum Gasteiger partial charge on any atom is 0.356 e. The van der Waals surface area contributed by atoms with Crippen LogP contribution in [-0.4, -0.2) is 27.8 Å². The zero-order chi connectivity index (χ0) is 12.0. The van der Waals surface area contributed by atoms with Crippen LogP contribution in [-0.2, 0) is 0 Å². The third-order valence-corrected chi connectivity index (χ3v) is 3.03. The van der Waals surface area contributed by atoms with Crippen LogP contribution in [0.2, 0.25) is 0 Å². The lowest BCUT2D eigenvalue weighted by Gasteiger charge is -2.06. The van der Waals surface area contributed by atoms with Gasteiger partial charge in [0.15, 0.2) is 5.69 Å². The Bertz CT molecular complexity index is 599. The van der Waals surface area contributed by atoms with Crippen molar-refractivity contribution in [1.29, 1.82) is 0 Å². The second-order valence-corrected chi connectivity index (χ2v) is 4.28. The molecule has 17 heavy (non-hydrogen) atoms. The first-order valence-electron chi connectivity index (χ1n) is 5.50. The molecule has 1 N–H and O–H groups in total. The van der Waals surface area contributed by atoms with Crippen LogP contribution in [0.15, 0.2) is 18.2 Å². The summed E-state index contributed by atoms with van der Waals surface area (Å²) >= 11 is 0. The largest absolute Gasteiger partial charge is 0.481 e. The predicted octanol–water partition coefficient (Wildman–Crippen LogP) is 1.92. The summed E-state index contributed by atoms with van der Waals surface area (Å²) in [7, 11) is 1.56. The molecule has 0 aliphatic heterocycles. The van der Waals surface area contributed by atoms with Crippen molar-refractivity contribution in [2.45, 2.75) is 18.8 Å². The number of nitrogens with zero attached hydrogens (tertiary/aromatic N) is 2. The van der Waals surface area contributed by atoms with Gasteiger partial charge in [-0.2, -0.15) is 5.10 Å². The molecule has 1 saturated carbocycles. The van der Waals surface area contributed by atoms with Crippen molar-refractivity contribution in [2.75, 3.05) is 7.11 Å². The Hall–Kier alpha value is -2.04. The van der Waals surface area contributed by atoms with Crippen LogP contribution >= 0.6 is 0 Å². The number of carbonyl (C=O) groups is 1. The van der Waals surface area contributed by atoms with E-state index < -0.39 is 5.97 Å². The van der Waals surface area contributed by atoms with Crippen LogP contribution in [0, 0.1) is 0 Å². The van der Waals surface area contributed by atoms with E-state index in [1.807, 2.05) is 12.1 Å². The van der Waals surface area contributed by atoms with E-state index in [0.29, 0.717) is 11.8 Å². The number of hydrogen-bond acceptors (Lipinski definition) is 3. The van der Waals surface area contributed by atoms with Gasteiger partial charge in [0.1, 0.15) is 0 Å². The summed E-state index contributed by atoms with van der Waals surface area (Å²) in [5.41, 5.74) is 2.01. The first kappa shape index (κ1) is 10.1. The number of hydrogen-bond donors (Lipinski definition) is 1. The second kappa shape index (κ2) is 3.48. The molecule has 2 aromatic rings. The molecule has 3 rings (SSSR count). The lowest BCUT2D eigenvalue weighted by molar-refractivity contribution is 0.0690. The molecule has 1 fully saturated rings. The first-order chi connectivity index (χ1) is 8.19. The standard InChI is InChI=1S/C12H12N2O3/c1-17-11-5-8(7-2-3-7)4-9-6-10(12(15)16)13-14(9)11/h4-7H,2-3H2,1H3,(H,15,16). The second-order valence-electron chi connectivity index (χ2n) is 4.28. The molecule has 0 amide bonds. The summed E-state index contributed by atoms with van der Waals surface area (Å²) in [4.78, 5) is 10.9. The summed E-state index contributed by atoms with van der Waals surface area (Å²) in [6, 6.07) is 5.49. The first-order valence-corrected chi connectivity index (χ1v) is 5.50. The van der Waals surface area contributed by atoms with E-state index >= 15 is 0 Å². The molecular weight excluding hydrogens is 220 g/mol. The molecule has 88 valence electrons. The van der Waals surface area contributed by atoms with Gasteiger partial charge in [-0.15, -0.1) is 0 Å². The molecule has 5 heteroatoms. The third kappa shape index (κ3) is 1.63. The average molecular weight is 232 g/mol. The topological polar surface area (TPSA) is 63.8 Å². The van der Waals surface area contributed by atoms with E-state index in [1.54, 1.807) is 13.2 Å². The molecule has 0 saturated heterocycles. The van der Waals surface area contributed by atoms with Gasteiger partial charge in [-0.1, -0.05) is 0 Å². The van der Waals surface area contributed by atoms with E-state index in [-0.39, 0.29) is 5.69 Å². The lowest BCUT2D eigenvalue weighted by atomic mass is 10.1. The fraction of sp³-hybridized carbons (Fsp3) is 0.333. The Balaban J connectivity index is 2.21. The average Bonchev–Trinajstić information content (AvgIpc) is 3.06. The van der Waals surface area contributed by atoms with Crippen LogP contribution < -0.4 is 4.74 Å². The van der Waals surface area contributed by atoms with Gasteiger partial charge in [-0.05, 0) is 36.5 Å². The fourth-order valence-electron chi connectivity index (χ4n) is 1.99. The SMILES string of the molecule is COc1cc(C2CC2)cc2cc(C(=O)O)nn12. The number of ether oxygens (including phenoxy) is 1. The molecule has 0 unspecified atom stereocenters. The summed E-state index contributed by atoms with van der Waals surface area (Å²) < 4.78 is 6.77. The Morgan fingerprint density at radius 3 is 2.82 bits per heavy atom. The monoisotopic (exact) mass is 232 g/mol. The Morgan fingerprint density at radius 1 is 1.47 bits per heavy atom. The molecule has 0 aromatic carbocycles. The van der Waals surface area contributed by atoms with Crippen molar-refractivity contribution < 1.29 is 14.6 Å². The fourth-order valence-corrected chi connectivity index (χ4v) is 1.99. The Kier molecular flexibility index (Phi) is 2.07. The highest BCUT2D eigenvalue weighted by atomic mass is 16.5. The van der Waals surface area contributed by atoms with Crippen molar-refractivity contribution >= 4 is 11.5 Å². The van der Waals surface area contributed by atoms with Crippen molar-refractivity contribution in [1.82, 2.24) is 9.61 Å². The van der Waals surface area contributed by atoms with E-state index in [2.05, 4.69) is 5.10 Å². The van der Waals surface area contributed by atoms with Crippen molar-refractivity contribution in [3.05, 3.63) is 29.5 Å². The summed E-state index contributed by atoms with van der Waals surface area (Å²) in [6.45, 7) is 0. The quantitative estimate of drug-likeness (QED) is 0.878. The molecular formula is C12H12N2O3. The van der Waals surface area contributed by atoms with Gasteiger partial charge in [0.05, 0.1) is 12.6 Å². The van der Waals surface area contributed by atoms with Crippen molar-refractivity contribution in [3.63, 3.8) is 0 Å². The van der Waals surface area contributed by atoms with Gasteiger partial charge in [-0.25, -0.2) is 9.31 Å². The minimum atomic E-state index is -1.02. The Morgan fingerprint density at radius 2 is 2.24 bits per heavy atom. The normalized spacial score (nSPS) is 15.1. The number of pyridine rings is 1. The van der Waals surface area contributed by atoms with Crippen LogP contribution in [0.25, 0.3) is 5.52 Å². The molecule has 0 radical (unpaired) electrons. The number of methoxy groups -OCH3 is 1. The third-order valence-electron chi connectivity index (χ3n) is 3.03. The predicted molar refractivity (Wildman–Crippen MR) is 60.7 cm³/mol. The number of aromatic carboxylic acids is 1. The van der Waals surface area contributed by atoms with E-state index in [9.17, 15) is 4.79 Å². The zero-order valence-electron chi connectivity index (χ0n) is 9.38. The maximum absolute atomic E-state index is 10.9. The van der Waals surface area contributed by atoms with Gasteiger partial charge in [0.2, 0.25) is 5.88 Å². The molecule has 1 aliphatic rings. The van der Waals surface area contributed by atoms with Crippen LogP contribution in [0.4, 0.5) is 0 Å². The molecule has 0 bridgehead atoms. The molecule has 0 atom stereocenters. The lowest BCUT2D eigenvalue weighted by Crippen LogP contribution is -2.00. The molecule has 5 nitrogen and oxygen atoms in total. The van der Waals surface area contributed by atoms with Gasteiger partial charge in [-0.3, -0.25) is 0 Å². The summed E-state index contributed by atoms with van der Waals surface area (Å²) in [5.74, 6) is 0.151. The molecule has 0 spiro atoms. The molecule has 2 heterocycles. The van der Waals surface area contributed by atoms with Crippen molar-refractivity contribution in [3.8, 4) is 5.88 Å². The summed E-state index contributed by atoms with van der Waals surface area (Å²) in [5, 5.41) is 12.9. The highest BCUT2D eigenvalue weighted by Gasteiger charge is 2.25. The molecule has 1 aliphatic carbocycles. The van der Waals surface area contributed by atoms with Crippen LogP contribution in [0.1, 0.15) is 34.8 Å². The smallest absolute Gasteiger partial charge is 0.356 e. The van der Waals surface area contributed by atoms with E-state index in [1.165, 1.54) is 22.9 Å². The maximum atomic E-state index is 10.9. The number of fused-ring (bicyclic) bond motifs is 1. The minimum Gasteiger partial charge on any atom is -0.481 e.